The number of nitrogens with one attached hydrogen (secondary N) is 2. The molecule has 5 nitrogen and oxygen atoms in total. The van der Waals surface area contributed by atoms with Crippen molar-refractivity contribution in [3.05, 3.63) is 40.8 Å². The standard InChI is InChI=1S/C15H14F2N2O3S2/c1-8-7-11(13(20)21-2)12(24-8)19-15(23)18-9-3-5-10(6-4-9)22-14(16)17/h3-7,14H,1-2H3,(H2,18,19,23). The van der Waals surface area contributed by atoms with Crippen molar-refractivity contribution in [1.29, 1.82) is 0 Å². The Morgan fingerprint density at radius 2 is 1.92 bits per heavy atom. The average Bonchev–Trinajstić information content (AvgIpc) is 2.88. The summed E-state index contributed by atoms with van der Waals surface area (Å²) in [4.78, 5) is 12.6. The van der Waals surface area contributed by atoms with Crippen LogP contribution >= 0.6 is 23.6 Å². The number of carbonyl (C=O) groups is 1. The quantitative estimate of drug-likeness (QED) is 0.604. The van der Waals surface area contributed by atoms with Crippen molar-refractivity contribution in [3.8, 4) is 5.75 Å². The number of methoxy groups -OCH3 is 1. The molecule has 0 spiro atoms. The maximum Gasteiger partial charge on any atom is 0.387 e. The van der Waals surface area contributed by atoms with Gasteiger partial charge in [0, 0.05) is 10.6 Å². The van der Waals surface area contributed by atoms with Gasteiger partial charge in [0.2, 0.25) is 0 Å². The highest BCUT2D eigenvalue weighted by Gasteiger charge is 2.16. The monoisotopic (exact) mass is 372 g/mol. The number of carbonyl (C=O) groups excluding carboxylic acids is 1. The molecule has 2 rings (SSSR count). The van der Waals surface area contributed by atoms with E-state index in [4.69, 9.17) is 17.0 Å². The largest absolute Gasteiger partial charge is 0.465 e. The second-order valence-electron chi connectivity index (χ2n) is 4.57. The molecule has 2 N–H and O–H groups in total. The SMILES string of the molecule is COC(=O)c1cc(C)sc1NC(=S)Nc1ccc(OC(F)F)cc1. The third-order valence-electron chi connectivity index (χ3n) is 2.83. The summed E-state index contributed by atoms with van der Waals surface area (Å²) in [5.74, 6) is -0.408. The predicted molar refractivity (Wildman–Crippen MR) is 93.3 cm³/mol. The van der Waals surface area contributed by atoms with E-state index >= 15 is 0 Å². The highest BCUT2D eigenvalue weighted by atomic mass is 32.1. The number of alkyl halides is 2. The van der Waals surface area contributed by atoms with Crippen molar-refractivity contribution in [2.24, 2.45) is 0 Å². The summed E-state index contributed by atoms with van der Waals surface area (Å²) in [6.07, 6.45) is 0. The number of benzene rings is 1. The molecule has 1 aromatic carbocycles. The minimum absolute atomic E-state index is 0.0521. The fourth-order valence-electron chi connectivity index (χ4n) is 1.85. The molecule has 9 heteroatoms. The van der Waals surface area contributed by atoms with Crippen LogP contribution in [-0.4, -0.2) is 24.8 Å². The molecule has 0 fully saturated rings. The summed E-state index contributed by atoms with van der Waals surface area (Å²) < 4.78 is 33.2. The van der Waals surface area contributed by atoms with Gasteiger partial charge in [0.15, 0.2) is 5.11 Å². The first kappa shape index (κ1) is 18.1. The van der Waals surface area contributed by atoms with E-state index in [0.717, 1.165) is 4.88 Å². The van der Waals surface area contributed by atoms with Gasteiger partial charge in [0.05, 0.1) is 12.7 Å². The Balaban J connectivity index is 2.02. The van der Waals surface area contributed by atoms with Crippen LogP contribution in [0.4, 0.5) is 19.5 Å². The van der Waals surface area contributed by atoms with Gasteiger partial charge >= 0.3 is 12.6 Å². The predicted octanol–water partition coefficient (Wildman–Crippen LogP) is 4.25. The molecule has 1 heterocycles. The van der Waals surface area contributed by atoms with Gasteiger partial charge in [-0.1, -0.05) is 0 Å². The normalized spacial score (nSPS) is 10.4. The minimum atomic E-state index is -2.87. The highest BCUT2D eigenvalue weighted by molar-refractivity contribution is 7.80. The van der Waals surface area contributed by atoms with Crippen molar-refractivity contribution in [1.82, 2.24) is 0 Å². The first-order valence-electron chi connectivity index (χ1n) is 6.70. The first-order valence-corrected chi connectivity index (χ1v) is 7.93. The van der Waals surface area contributed by atoms with E-state index in [9.17, 15) is 13.6 Å². The molecule has 0 aliphatic rings. The molecular weight excluding hydrogens is 358 g/mol. The smallest absolute Gasteiger partial charge is 0.387 e. The maximum atomic E-state index is 12.1. The van der Waals surface area contributed by atoms with E-state index in [1.54, 1.807) is 18.2 Å². The summed E-state index contributed by atoms with van der Waals surface area (Å²) in [6, 6.07) is 7.59. The summed E-state index contributed by atoms with van der Waals surface area (Å²) in [7, 11) is 1.30. The Morgan fingerprint density at radius 3 is 2.50 bits per heavy atom. The second-order valence-corrected chi connectivity index (χ2v) is 6.24. The molecule has 0 unspecified atom stereocenters. The zero-order valence-corrected chi connectivity index (χ0v) is 14.4. The van der Waals surface area contributed by atoms with Gasteiger partial charge in [-0.15, -0.1) is 11.3 Å². The van der Waals surface area contributed by atoms with Crippen LogP contribution in [0.5, 0.6) is 5.75 Å². The molecule has 0 aliphatic heterocycles. The third kappa shape index (κ3) is 4.87. The van der Waals surface area contributed by atoms with E-state index < -0.39 is 12.6 Å². The van der Waals surface area contributed by atoms with Gasteiger partial charge in [-0.05, 0) is 49.5 Å². The van der Waals surface area contributed by atoms with Crippen LogP contribution in [-0.2, 0) is 4.74 Å². The molecular formula is C15H14F2N2O3S2. The molecule has 0 saturated heterocycles. The van der Waals surface area contributed by atoms with Gasteiger partial charge in [-0.2, -0.15) is 8.78 Å². The van der Waals surface area contributed by atoms with Gasteiger partial charge in [-0.25, -0.2) is 4.79 Å². The summed E-state index contributed by atoms with van der Waals surface area (Å²) in [6.45, 7) is -1.01. The number of thiocarbonyl (C=S) groups is 1. The Bertz CT molecular complexity index is 733. The highest BCUT2D eigenvalue weighted by Crippen LogP contribution is 2.28. The fraction of sp³-hybridized carbons (Fsp3) is 0.200. The van der Waals surface area contributed by atoms with Crippen molar-refractivity contribution < 1.29 is 23.0 Å². The number of thiophene rings is 1. The maximum absolute atomic E-state index is 12.1. The van der Waals surface area contributed by atoms with E-state index in [1.165, 1.54) is 30.6 Å². The van der Waals surface area contributed by atoms with Gasteiger partial charge < -0.3 is 20.1 Å². The van der Waals surface area contributed by atoms with Crippen LogP contribution in [0.1, 0.15) is 15.2 Å². The van der Waals surface area contributed by atoms with Crippen molar-refractivity contribution in [3.63, 3.8) is 0 Å². The zero-order valence-electron chi connectivity index (χ0n) is 12.8. The molecule has 128 valence electrons. The van der Waals surface area contributed by atoms with Crippen LogP contribution in [0.25, 0.3) is 0 Å². The average molecular weight is 372 g/mol. The fourth-order valence-corrected chi connectivity index (χ4v) is 3.04. The van der Waals surface area contributed by atoms with E-state index in [-0.39, 0.29) is 10.9 Å². The zero-order chi connectivity index (χ0) is 17.7. The number of ether oxygens (including phenoxy) is 2. The van der Waals surface area contributed by atoms with Crippen molar-refractivity contribution >= 4 is 45.3 Å². The number of hydrogen-bond donors (Lipinski definition) is 2. The van der Waals surface area contributed by atoms with Crippen LogP contribution in [0, 0.1) is 6.92 Å². The molecule has 1 aromatic heterocycles. The molecule has 0 amide bonds. The number of esters is 1. The van der Waals surface area contributed by atoms with E-state index in [2.05, 4.69) is 15.4 Å². The van der Waals surface area contributed by atoms with Crippen molar-refractivity contribution in [2.75, 3.05) is 17.7 Å². The molecule has 2 aromatic rings. The van der Waals surface area contributed by atoms with Crippen LogP contribution in [0.3, 0.4) is 0 Å². The summed E-state index contributed by atoms with van der Waals surface area (Å²) in [5, 5.41) is 6.64. The number of halogens is 2. The molecule has 0 saturated carbocycles. The molecule has 24 heavy (non-hydrogen) atoms. The number of aryl methyl sites for hydroxylation is 1. The molecule has 0 atom stereocenters. The lowest BCUT2D eigenvalue weighted by Gasteiger charge is -2.11. The Labute approximate surface area is 146 Å². The van der Waals surface area contributed by atoms with Crippen LogP contribution < -0.4 is 15.4 Å². The van der Waals surface area contributed by atoms with E-state index in [1.807, 2.05) is 6.92 Å². The Hall–Kier alpha value is -2.26. The van der Waals surface area contributed by atoms with Gasteiger partial charge in [-0.3, -0.25) is 0 Å². The van der Waals surface area contributed by atoms with Crippen LogP contribution in [0.2, 0.25) is 0 Å². The first-order chi connectivity index (χ1) is 11.4. The van der Waals surface area contributed by atoms with Gasteiger partial charge in [0.25, 0.3) is 0 Å². The lowest BCUT2D eigenvalue weighted by molar-refractivity contribution is -0.0498. The molecule has 0 bridgehead atoms. The van der Waals surface area contributed by atoms with Crippen LogP contribution in [0.15, 0.2) is 30.3 Å². The number of hydrogen-bond acceptors (Lipinski definition) is 5. The molecule has 0 radical (unpaired) electrons. The second kappa shape index (κ2) is 8.02. The lowest BCUT2D eigenvalue weighted by atomic mass is 10.3. The summed E-state index contributed by atoms with van der Waals surface area (Å²) >= 11 is 6.56. The third-order valence-corrected chi connectivity index (χ3v) is 4.00. The summed E-state index contributed by atoms with van der Waals surface area (Å²) in [5.41, 5.74) is 0.979. The minimum Gasteiger partial charge on any atom is -0.465 e. The van der Waals surface area contributed by atoms with Gasteiger partial charge in [0.1, 0.15) is 10.8 Å². The lowest BCUT2D eigenvalue weighted by Crippen LogP contribution is -2.19. The van der Waals surface area contributed by atoms with E-state index in [0.29, 0.717) is 16.3 Å². The Morgan fingerprint density at radius 1 is 1.25 bits per heavy atom. The number of rotatable bonds is 5. The molecule has 0 aliphatic carbocycles. The Kier molecular flexibility index (Phi) is 6.04. The topological polar surface area (TPSA) is 59.6 Å². The number of anilines is 2. The van der Waals surface area contributed by atoms with Crippen molar-refractivity contribution in [2.45, 2.75) is 13.5 Å².